The number of pyridine rings is 2. The number of aromatic nitrogens is 3. The lowest BCUT2D eigenvalue weighted by atomic mass is 9.95. The second-order valence-corrected chi connectivity index (χ2v) is 9.05. The van der Waals surface area contributed by atoms with E-state index in [9.17, 15) is 27.2 Å². The van der Waals surface area contributed by atoms with Crippen LogP contribution in [0, 0.1) is 11.6 Å². The molecule has 6 nitrogen and oxygen atoms in total. The number of hydrogen-bond donors (Lipinski definition) is 2. The Labute approximate surface area is 220 Å². The van der Waals surface area contributed by atoms with Gasteiger partial charge in [0, 0.05) is 37.0 Å². The van der Waals surface area contributed by atoms with Gasteiger partial charge in [-0.2, -0.15) is 0 Å². The van der Waals surface area contributed by atoms with Crippen LogP contribution in [-0.4, -0.2) is 26.9 Å². The van der Waals surface area contributed by atoms with Crippen LogP contribution >= 0.6 is 0 Å². The quantitative estimate of drug-likeness (QED) is 0.242. The number of carbonyl (C=O) groups is 1. The summed E-state index contributed by atoms with van der Waals surface area (Å²) < 4.78 is 55.1. The first kappa shape index (κ1) is 25.9. The normalized spacial score (nSPS) is 12.2. The zero-order chi connectivity index (χ0) is 27.7. The molecule has 1 amide bonds. The molecule has 3 heterocycles. The third-order valence-electron chi connectivity index (χ3n) is 6.46. The van der Waals surface area contributed by atoms with Crippen LogP contribution in [0.5, 0.6) is 0 Å². The number of alkyl halides is 2. The van der Waals surface area contributed by atoms with Gasteiger partial charge in [0.25, 0.3) is 5.56 Å². The number of benzene rings is 2. The summed E-state index contributed by atoms with van der Waals surface area (Å²) in [5, 5.41) is 2.99. The van der Waals surface area contributed by atoms with Crippen molar-refractivity contribution in [1.29, 1.82) is 0 Å². The van der Waals surface area contributed by atoms with Crippen molar-refractivity contribution < 1.29 is 22.4 Å². The molecule has 0 aliphatic heterocycles. The maximum atomic E-state index is 13.7. The van der Waals surface area contributed by atoms with Gasteiger partial charge in [-0.25, -0.2) is 22.5 Å². The Morgan fingerprint density at radius 1 is 0.974 bits per heavy atom. The molecule has 0 bridgehead atoms. The van der Waals surface area contributed by atoms with E-state index >= 15 is 0 Å². The summed E-state index contributed by atoms with van der Waals surface area (Å²) in [6.45, 7) is 0. The van der Waals surface area contributed by atoms with Gasteiger partial charge in [-0.05, 0) is 53.6 Å². The maximum Gasteiger partial charge on any atom is 0.260 e. The van der Waals surface area contributed by atoms with Gasteiger partial charge >= 0.3 is 0 Å². The Hall–Kier alpha value is -4.73. The first-order chi connectivity index (χ1) is 18.7. The molecule has 0 saturated carbocycles. The van der Waals surface area contributed by atoms with Crippen molar-refractivity contribution in [3.8, 4) is 22.4 Å². The van der Waals surface area contributed by atoms with Crippen LogP contribution < -0.4 is 10.9 Å². The van der Waals surface area contributed by atoms with Crippen molar-refractivity contribution in [1.82, 2.24) is 14.5 Å². The number of aromatic amines is 1. The number of nitrogens with one attached hydrogen (secondary N) is 2. The van der Waals surface area contributed by atoms with E-state index in [1.807, 2.05) is 0 Å². The number of nitrogens with zero attached hydrogens (tertiary/aromatic N) is 2. The molecule has 2 N–H and O–H groups in total. The third-order valence-corrected chi connectivity index (χ3v) is 6.46. The first-order valence-corrected chi connectivity index (χ1v) is 12.0. The van der Waals surface area contributed by atoms with Crippen LogP contribution in [-0.2, 0) is 11.8 Å². The molecule has 10 heteroatoms. The number of amides is 1. The van der Waals surface area contributed by atoms with E-state index in [-0.39, 0.29) is 16.9 Å². The smallest absolute Gasteiger partial charge is 0.260 e. The van der Waals surface area contributed by atoms with Crippen LogP contribution in [0.2, 0.25) is 0 Å². The third kappa shape index (κ3) is 5.31. The summed E-state index contributed by atoms with van der Waals surface area (Å²) in [4.78, 5) is 33.5. The summed E-state index contributed by atoms with van der Waals surface area (Å²) in [7, 11) is 1.62. The highest BCUT2D eigenvalue weighted by atomic mass is 19.3. The van der Waals surface area contributed by atoms with Gasteiger partial charge in [0.15, 0.2) is 0 Å². The SMILES string of the molecule is Cn1ccc2[nH]c(-c3ccnc(NC(=O)C(CC(F)F)c4ccc(F)cc4)c3)c(-c3ccc(F)cc3)c2c1=O. The van der Waals surface area contributed by atoms with Gasteiger partial charge in [-0.1, -0.05) is 24.3 Å². The zero-order valence-electron chi connectivity index (χ0n) is 20.6. The number of fused-ring (bicyclic) bond motifs is 1. The Morgan fingerprint density at radius 3 is 2.31 bits per heavy atom. The van der Waals surface area contributed by atoms with Gasteiger partial charge < -0.3 is 14.9 Å². The number of carbonyl (C=O) groups excluding carboxylic acids is 1. The van der Waals surface area contributed by atoms with Crippen molar-refractivity contribution in [3.63, 3.8) is 0 Å². The molecule has 0 spiro atoms. The molecular weight excluding hydrogens is 512 g/mol. The first-order valence-electron chi connectivity index (χ1n) is 12.0. The topological polar surface area (TPSA) is 79.8 Å². The van der Waals surface area contributed by atoms with Crippen molar-refractivity contribution >= 4 is 22.6 Å². The van der Waals surface area contributed by atoms with E-state index in [2.05, 4.69) is 15.3 Å². The van der Waals surface area contributed by atoms with Crippen LogP contribution in [0.25, 0.3) is 33.3 Å². The minimum Gasteiger partial charge on any atom is -0.354 e. The van der Waals surface area contributed by atoms with Gasteiger partial charge in [-0.15, -0.1) is 0 Å². The highest BCUT2D eigenvalue weighted by molar-refractivity contribution is 6.03. The van der Waals surface area contributed by atoms with Gasteiger partial charge in [-0.3, -0.25) is 9.59 Å². The van der Waals surface area contributed by atoms with Crippen LogP contribution in [0.1, 0.15) is 17.9 Å². The Balaban J connectivity index is 1.56. The van der Waals surface area contributed by atoms with E-state index in [1.165, 1.54) is 35.0 Å². The predicted octanol–water partition coefficient (Wildman–Crippen LogP) is 6.25. The second-order valence-electron chi connectivity index (χ2n) is 9.05. The lowest BCUT2D eigenvalue weighted by Crippen LogP contribution is -2.23. The summed E-state index contributed by atoms with van der Waals surface area (Å²) in [6.07, 6.45) is -0.464. The van der Waals surface area contributed by atoms with E-state index in [1.54, 1.807) is 43.6 Å². The molecule has 0 saturated heterocycles. The van der Waals surface area contributed by atoms with Gasteiger partial charge in [0.1, 0.15) is 17.5 Å². The molecule has 198 valence electrons. The monoisotopic (exact) mass is 534 g/mol. The van der Waals surface area contributed by atoms with Crippen LogP contribution in [0.3, 0.4) is 0 Å². The minimum absolute atomic E-state index is 0.0930. The second kappa shape index (κ2) is 10.6. The van der Waals surface area contributed by atoms with Crippen molar-refractivity contribution in [2.75, 3.05) is 5.32 Å². The maximum absolute atomic E-state index is 13.7. The molecule has 2 aromatic carbocycles. The highest BCUT2D eigenvalue weighted by Gasteiger charge is 2.26. The molecule has 1 atom stereocenters. The average Bonchev–Trinajstić information content (AvgIpc) is 3.31. The molecular formula is C29H22F4N4O2. The number of hydrogen-bond acceptors (Lipinski definition) is 3. The molecule has 0 aliphatic carbocycles. The molecule has 39 heavy (non-hydrogen) atoms. The van der Waals surface area contributed by atoms with E-state index in [0.29, 0.717) is 33.3 Å². The number of rotatable bonds is 7. The van der Waals surface area contributed by atoms with E-state index < -0.39 is 36.3 Å². The van der Waals surface area contributed by atoms with Crippen LogP contribution in [0.4, 0.5) is 23.4 Å². The number of aryl methyl sites for hydroxylation is 1. The molecule has 0 radical (unpaired) electrons. The molecule has 5 aromatic rings. The van der Waals surface area contributed by atoms with Crippen molar-refractivity contribution in [3.05, 3.63) is 107 Å². The fraction of sp³-hybridized carbons (Fsp3) is 0.138. The lowest BCUT2D eigenvalue weighted by Gasteiger charge is -2.17. The fourth-order valence-electron chi connectivity index (χ4n) is 4.55. The zero-order valence-corrected chi connectivity index (χ0v) is 20.6. The Bertz CT molecular complexity index is 1710. The molecule has 5 rings (SSSR count). The van der Waals surface area contributed by atoms with E-state index in [4.69, 9.17) is 0 Å². The Kier molecular flexibility index (Phi) is 7.02. The molecule has 1 unspecified atom stereocenters. The fourth-order valence-corrected chi connectivity index (χ4v) is 4.55. The number of anilines is 1. The Morgan fingerprint density at radius 2 is 1.64 bits per heavy atom. The average molecular weight is 535 g/mol. The summed E-state index contributed by atoms with van der Waals surface area (Å²) >= 11 is 0. The summed E-state index contributed by atoms with van der Waals surface area (Å²) in [5.41, 5.74) is 2.75. The van der Waals surface area contributed by atoms with Crippen molar-refractivity contribution in [2.24, 2.45) is 7.05 Å². The molecule has 3 aromatic heterocycles. The van der Waals surface area contributed by atoms with Gasteiger partial charge in [0.05, 0.1) is 22.5 Å². The molecule has 0 fully saturated rings. The van der Waals surface area contributed by atoms with Crippen LogP contribution in [0.15, 0.2) is 83.9 Å². The molecule has 0 aliphatic rings. The van der Waals surface area contributed by atoms with Crippen molar-refractivity contribution in [2.45, 2.75) is 18.8 Å². The summed E-state index contributed by atoms with van der Waals surface area (Å²) in [6, 6.07) is 15.5. The summed E-state index contributed by atoms with van der Waals surface area (Å²) in [5.74, 6) is -2.84. The lowest BCUT2D eigenvalue weighted by molar-refractivity contribution is -0.118. The predicted molar refractivity (Wildman–Crippen MR) is 141 cm³/mol. The highest BCUT2D eigenvalue weighted by Crippen LogP contribution is 2.37. The van der Waals surface area contributed by atoms with E-state index in [0.717, 1.165) is 12.1 Å². The minimum atomic E-state index is -2.77. The standard InChI is InChI=1S/C29H22F4N4O2/c1-37-13-11-22-26(29(37)39)25(17-4-8-20(31)9-5-17)27(35-22)18-10-12-34-24(14-18)36-28(38)21(15-23(32)33)16-2-6-19(30)7-3-16/h2-14,21,23,35H,15H2,1H3,(H,34,36,38). The number of halogens is 4. The largest absolute Gasteiger partial charge is 0.354 e. The van der Waals surface area contributed by atoms with Gasteiger partial charge in [0.2, 0.25) is 12.3 Å². The number of H-pyrrole nitrogens is 1.